The number of hydrogen-bond acceptors (Lipinski definition) is 4. The fourth-order valence-corrected chi connectivity index (χ4v) is 11.3. The molecule has 37 heavy (non-hydrogen) atoms. The Morgan fingerprint density at radius 1 is 0.973 bits per heavy atom. The van der Waals surface area contributed by atoms with Gasteiger partial charge in [-0.1, -0.05) is 60.1 Å². The van der Waals surface area contributed by atoms with E-state index in [0.29, 0.717) is 30.1 Å². The monoisotopic (exact) mass is 514 g/mol. The molecule has 0 aromatic heterocycles. The number of allylic oxidation sites excluding steroid dienone is 2. The predicted octanol–water partition coefficient (Wildman–Crippen LogP) is 6.63. The van der Waals surface area contributed by atoms with Crippen LogP contribution in [-0.4, -0.2) is 34.4 Å². The maximum atomic E-state index is 12.9. The number of esters is 1. The van der Waals surface area contributed by atoms with Crippen molar-refractivity contribution in [2.45, 2.75) is 119 Å². The first kappa shape index (κ1) is 27.2. The molecular formula is C32H50O5. The molecule has 11 atom stereocenters. The Morgan fingerprint density at radius 2 is 1.65 bits per heavy atom. The van der Waals surface area contributed by atoms with Crippen LogP contribution in [0.15, 0.2) is 11.6 Å². The van der Waals surface area contributed by atoms with Gasteiger partial charge >= 0.3 is 11.9 Å². The summed E-state index contributed by atoms with van der Waals surface area (Å²) in [6.45, 7) is 17.7. The molecule has 5 nitrogen and oxygen atoms in total. The molecule has 0 bridgehead atoms. The summed E-state index contributed by atoms with van der Waals surface area (Å²) in [6.07, 6.45) is 8.59. The molecule has 5 heteroatoms. The molecule has 0 spiro atoms. The molecule has 0 saturated heterocycles. The standard InChI is InChI=1S/C32H50O5/c1-18-11-14-32(27(35)36)16-15-30(7)21(25(32)19(18)2)9-10-24-29(6)17-22(37-20(3)33)26(34)28(4,5)23(29)12-13-31(24,30)8/h9,18-19,22-26,34H,10-17H2,1-8H3,(H,35,36)/t18-,19+,22-,23?,24?,25?,26+,29+,30-,31-,32+/m1/s1. The summed E-state index contributed by atoms with van der Waals surface area (Å²) in [5.74, 6) is 0.823. The minimum Gasteiger partial charge on any atom is -0.481 e. The highest BCUT2D eigenvalue weighted by molar-refractivity contribution is 5.76. The average molecular weight is 515 g/mol. The van der Waals surface area contributed by atoms with E-state index < -0.39 is 23.6 Å². The summed E-state index contributed by atoms with van der Waals surface area (Å²) >= 11 is 0. The summed E-state index contributed by atoms with van der Waals surface area (Å²) in [6, 6.07) is 0. The highest BCUT2D eigenvalue weighted by atomic mass is 16.6. The second-order valence-electron chi connectivity index (χ2n) is 15.2. The molecule has 3 unspecified atom stereocenters. The molecule has 208 valence electrons. The van der Waals surface area contributed by atoms with Crippen molar-refractivity contribution in [2.75, 3.05) is 0 Å². The smallest absolute Gasteiger partial charge is 0.310 e. The second-order valence-corrected chi connectivity index (χ2v) is 15.2. The number of carbonyl (C=O) groups is 2. The molecule has 4 fully saturated rings. The van der Waals surface area contributed by atoms with Gasteiger partial charge in [0.15, 0.2) is 0 Å². The molecule has 2 N–H and O–H groups in total. The summed E-state index contributed by atoms with van der Waals surface area (Å²) in [5.41, 5.74) is 0.375. The number of aliphatic hydroxyl groups is 1. The highest BCUT2D eigenvalue weighted by Crippen LogP contribution is 2.75. The van der Waals surface area contributed by atoms with Crippen molar-refractivity contribution in [2.24, 2.45) is 56.7 Å². The number of rotatable bonds is 2. The van der Waals surface area contributed by atoms with E-state index in [1.165, 1.54) is 12.5 Å². The summed E-state index contributed by atoms with van der Waals surface area (Å²) in [4.78, 5) is 24.9. The fraction of sp³-hybridized carbons (Fsp3) is 0.875. The lowest BCUT2D eigenvalue weighted by molar-refractivity contribution is -0.238. The van der Waals surface area contributed by atoms with E-state index in [4.69, 9.17) is 4.74 Å². The third-order valence-corrected chi connectivity index (χ3v) is 13.7. The number of hydrogen-bond donors (Lipinski definition) is 2. The van der Waals surface area contributed by atoms with Gasteiger partial charge in [0.05, 0.1) is 11.5 Å². The Hall–Kier alpha value is -1.36. The Kier molecular flexibility index (Phi) is 6.12. The quantitative estimate of drug-likeness (QED) is 0.319. The van der Waals surface area contributed by atoms with Crippen LogP contribution >= 0.6 is 0 Å². The van der Waals surface area contributed by atoms with Gasteiger partial charge in [-0.15, -0.1) is 0 Å². The lowest BCUT2D eigenvalue weighted by Crippen LogP contribution is -2.67. The van der Waals surface area contributed by atoms with Crippen molar-refractivity contribution in [1.82, 2.24) is 0 Å². The third kappa shape index (κ3) is 3.37. The van der Waals surface area contributed by atoms with E-state index in [0.717, 1.165) is 44.9 Å². The zero-order valence-corrected chi connectivity index (χ0v) is 24.4. The minimum absolute atomic E-state index is 0.0343. The molecule has 0 aromatic carbocycles. The topological polar surface area (TPSA) is 83.8 Å². The van der Waals surface area contributed by atoms with Gasteiger partial charge in [-0.3, -0.25) is 9.59 Å². The lowest BCUT2D eigenvalue weighted by Gasteiger charge is -2.71. The molecule has 5 aliphatic rings. The van der Waals surface area contributed by atoms with Gasteiger partial charge in [-0.2, -0.15) is 0 Å². The number of aliphatic carboxylic acids is 1. The maximum absolute atomic E-state index is 12.9. The molecule has 0 aliphatic heterocycles. The molecule has 0 aromatic rings. The number of carbonyl (C=O) groups excluding carboxylic acids is 1. The Bertz CT molecular complexity index is 1010. The molecular weight excluding hydrogens is 464 g/mol. The molecule has 0 radical (unpaired) electrons. The van der Waals surface area contributed by atoms with Crippen LogP contribution < -0.4 is 0 Å². The van der Waals surface area contributed by atoms with Crippen LogP contribution in [0, 0.1) is 56.7 Å². The Balaban J connectivity index is 1.61. The zero-order chi connectivity index (χ0) is 27.3. The number of carboxylic acids is 1. The normalized spacial score (nSPS) is 52.5. The van der Waals surface area contributed by atoms with E-state index in [9.17, 15) is 19.8 Å². The van der Waals surface area contributed by atoms with Crippen molar-refractivity contribution >= 4 is 11.9 Å². The van der Waals surface area contributed by atoms with Gasteiger partial charge in [-0.05, 0) is 103 Å². The van der Waals surface area contributed by atoms with Gasteiger partial charge in [0, 0.05) is 6.92 Å². The predicted molar refractivity (Wildman–Crippen MR) is 144 cm³/mol. The number of carboxylic acid groups (broad SMARTS) is 1. The first-order valence-electron chi connectivity index (χ1n) is 14.9. The van der Waals surface area contributed by atoms with Crippen LogP contribution in [0.1, 0.15) is 107 Å². The van der Waals surface area contributed by atoms with Crippen molar-refractivity contribution < 1.29 is 24.5 Å². The Labute approximate surface area is 223 Å². The Morgan fingerprint density at radius 3 is 2.27 bits per heavy atom. The molecule has 0 amide bonds. The SMILES string of the molecule is CC(=O)O[C@@H]1C[C@@]2(C)C(CC[C@]3(C)C2CC=C2C4[C@@H](C)[C@H](C)CC[C@]4(C(=O)O)CC[C@]23C)C(C)(C)[C@H]1O. The van der Waals surface area contributed by atoms with Gasteiger partial charge in [0.2, 0.25) is 0 Å². The molecule has 4 saturated carbocycles. The van der Waals surface area contributed by atoms with E-state index in [2.05, 4.69) is 54.5 Å². The maximum Gasteiger partial charge on any atom is 0.310 e. The van der Waals surface area contributed by atoms with Crippen LogP contribution in [0.4, 0.5) is 0 Å². The van der Waals surface area contributed by atoms with Gasteiger partial charge in [0.1, 0.15) is 6.10 Å². The molecule has 5 aliphatic carbocycles. The number of fused-ring (bicyclic) bond motifs is 7. The first-order chi connectivity index (χ1) is 17.1. The molecule has 0 heterocycles. The van der Waals surface area contributed by atoms with Crippen LogP contribution in [0.5, 0.6) is 0 Å². The largest absolute Gasteiger partial charge is 0.481 e. The summed E-state index contributed by atoms with van der Waals surface area (Å²) in [7, 11) is 0. The zero-order valence-electron chi connectivity index (χ0n) is 24.4. The van der Waals surface area contributed by atoms with Gasteiger partial charge in [-0.25, -0.2) is 0 Å². The van der Waals surface area contributed by atoms with Crippen molar-refractivity contribution in [3.05, 3.63) is 11.6 Å². The van der Waals surface area contributed by atoms with Crippen molar-refractivity contribution in [1.29, 1.82) is 0 Å². The van der Waals surface area contributed by atoms with E-state index >= 15 is 0 Å². The number of ether oxygens (including phenoxy) is 1. The minimum atomic E-state index is -0.667. The summed E-state index contributed by atoms with van der Waals surface area (Å²) in [5, 5.41) is 21.9. The van der Waals surface area contributed by atoms with Crippen LogP contribution in [-0.2, 0) is 14.3 Å². The first-order valence-corrected chi connectivity index (χ1v) is 14.9. The van der Waals surface area contributed by atoms with Gasteiger partial charge < -0.3 is 14.9 Å². The van der Waals surface area contributed by atoms with Crippen LogP contribution in [0.25, 0.3) is 0 Å². The van der Waals surface area contributed by atoms with Crippen molar-refractivity contribution in [3.63, 3.8) is 0 Å². The second kappa shape index (κ2) is 8.32. The van der Waals surface area contributed by atoms with Gasteiger partial charge in [0.25, 0.3) is 0 Å². The highest BCUT2D eigenvalue weighted by Gasteiger charge is 2.70. The van der Waals surface area contributed by atoms with Crippen LogP contribution in [0.2, 0.25) is 0 Å². The lowest BCUT2D eigenvalue weighted by atomic mass is 9.33. The summed E-state index contributed by atoms with van der Waals surface area (Å²) < 4.78 is 5.76. The van der Waals surface area contributed by atoms with E-state index in [-0.39, 0.29) is 33.5 Å². The van der Waals surface area contributed by atoms with Crippen molar-refractivity contribution in [3.8, 4) is 0 Å². The fourth-order valence-electron chi connectivity index (χ4n) is 11.3. The van der Waals surface area contributed by atoms with E-state index in [1.54, 1.807) is 0 Å². The number of aliphatic hydroxyl groups excluding tert-OH is 1. The third-order valence-electron chi connectivity index (χ3n) is 13.7. The molecule has 5 rings (SSSR count). The van der Waals surface area contributed by atoms with Crippen LogP contribution in [0.3, 0.4) is 0 Å². The average Bonchev–Trinajstić information content (AvgIpc) is 2.79. The van der Waals surface area contributed by atoms with E-state index in [1.807, 2.05) is 0 Å².